The molecule has 0 aliphatic carbocycles. The van der Waals surface area contributed by atoms with Crippen molar-refractivity contribution in [1.82, 2.24) is 14.6 Å². The van der Waals surface area contributed by atoms with Crippen LogP contribution in [0.2, 0.25) is 0 Å². The maximum Gasteiger partial charge on any atom is 0.253 e. The molecular weight excluding hydrogens is 152 g/mol. The van der Waals surface area contributed by atoms with Crippen LogP contribution in [-0.4, -0.2) is 14.6 Å². The van der Waals surface area contributed by atoms with Gasteiger partial charge in [0.2, 0.25) is 0 Å². The van der Waals surface area contributed by atoms with Crippen LogP contribution in [0.3, 0.4) is 0 Å². The van der Waals surface area contributed by atoms with E-state index >= 15 is 0 Å². The highest BCUT2D eigenvalue weighted by Crippen LogP contribution is 2.03. The van der Waals surface area contributed by atoms with Crippen molar-refractivity contribution in [2.45, 2.75) is 6.92 Å². The Bertz CT molecular complexity index is 463. The molecular formula is C8H6N4. The molecule has 0 spiro atoms. The molecule has 58 valence electrons. The van der Waals surface area contributed by atoms with E-state index in [0.29, 0.717) is 5.65 Å². The van der Waals surface area contributed by atoms with Crippen LogP contribution in [0.5, 0.6) is 0 Å². The molecule has 0 unspecified atom stereocenters. The molecule has 2 aromatic heterocycles. The minimum absolute atomic E-state index is 0.209. The fourth-order valence-corrected chi connectivity index (χ4v) is 1.03. The molecule has 2 aromatic rings. The molecule has 2 rings (SSSR count). The number of fused-ring (bicyclic) bond motifs is 1. The molecule has 0 saturated heterocycles. The number of nitrogens with zero attached hydrogens (tertiary/aromatic N) is 4. The van der Waals surface area contributed by atoms with Gasteiger partial charge in [-0.1, -0.05) is 0 Å². The standard InChI is InChI=1S/C8H6N4/c1-6-2-3-12-8(4-6)10-7(5-9)11-12/h2-4H,1H3. The average molecular weight is 158 g/mol. The summed E-state index contributed by atoms with van der Waals surface area (Å²) in [4.78, 5) is 3.98. The maximum absolute atomic E-state index is 8.52. The van der Waals surface area contributed by atoms with E-state index in [1.165, 1.54) is 0 Å². The zero-order valence-electron chi connectivity index (χ0n) is 6.52. The third-order valence-electron chi connectivity index (χ3n) is 1.59. The first-order valence-corrected chi connectivity index (χ1v) is 3.53. The lowest BCUT2D eigenvalue weighted by Crippen LogP contribution is -1.86. The van der Waals surface area contributed by atoms with Gasteiger partial charge in [0.15, 0.2) is 5.65 Å². The van der Waals surface area contributed by atoms with Gasteiger partial charge in [-0.2, -0.15) is 10.2 Å². The van der Waals surface area contributed by atoms with E-state index in [0.717, 1.165) is 5.56 Å². The monoisotopic (exact) mass is 158 g/mol. The topological polar surface area (TPSA) is 54.0 Å². The lowest BCUT2D eigenvalue weighted by molar-refractivity contribution is 0.946. The maximum atomic E-state index is 8.52. The lowest BCUT2D eigenvalue weighted by Gasteiger charge is -1.90. The van der Waals surface area contributed by atoms with Crippen LogP contribution in [0.4, 0.5) is 0 Å². The highest BCUT2D eigenvalue weighted by Gasteiger charge is 2.00. The molecule has 0 amide bonds. The van der Waals surface area contributed by atoms with Crippen molar-refractivity contribution in [3.63, 3.8) is 0 Å². The summed E-state index contributed by atoms with van der Waals surface area (Å²) in [5.41, 5.74) is 1.82. The predicted molar refractivity (Wildman–Crippen MR) is 42.4 cm³/mol. The van der Waals surface area contributed by atoms with Crippen molar-refractivity contribution < 1.29 is 0 Å². The summed E-state index contributed by atoms with van der Waals surface area (Å²) >= 11 is 0. The van der Waals surface area contributed by atoms with Crippen molar-refractivity contribution in [1.29, 1.82) is 5.26 Å². The SMILES string of the molecule is Cc1ccn2nc(C#N)nc2c1. The number of hydrogen-bond acceptors (Lipinski definition) is 3. The number of aromatic nitrogens is 3. The van der Waals surface area contributed by atoms with Gasteiger partial charge in [0.1, 0.15) is 6.07 Å². The van der Waals surface area contributed by atoms with E-state index in [9.17, 15) is 0 Å². The Morgan fingerprint density at radius 2 is 2.42 bits per heavy atom. The van der Waals surface area contributed by atoms with Crippen LogP contribution < -0.4 is 0 Å². The number of pyridine rings is 1. The highest BCUT2D eigenvalue weighted by atomic mass is 15.3. The summed E-state index contributed by atoms with van der Waals surface area (Å²) in [5, 5.41) is 12.4. The molecule has 2 heterocycles. The smallest absolute Gasteiger partial charge is 0.220 e. The van der Waals surface area contributed by atoms with Gasteiger partial charge in [0.25, 0.3) is 5.82 Å². The van der Waals surface area contributed by atoms with Gasteiger partial charge in [0.05, 0.1) is 0 Å². The average Bonchev–Trinajstić information content (AvgIpc) is 2.46. The van der Waals surface area contributed by atoms with E-state index in [1.807, 2.05) is 25.1 Å². The second kappa shape index (κ2) is 2.31. The number of hydrogen-bond donors (Lipinski definition) is 0. The Morgan fingerprint density at radius 1 is 1.58 bits per heavy atom. The van der Waals surface area contributed by atoms with Gasteiger partial charge in [-0.25, -0.2) is 4.52 Å². The van der Waals surface area contributed by atoms with E-state index in [4.69, 9.17) is 5.26 Å². The number of nitriles is 1. The number of aryl methyl sites for hydroxylation is 1. The first-order chi connectivity index (χ1) is 5.79. The summed E-state index contributed by atoms with van der Waals surface area (Å²) in [5.74, 6) is 0.209. The predicted octanol–water partition coefficient (Wildman–Crippen LogP) is 0.909. The van der Waals surface area contributed by atoms with Gasteiger partial charge >= 0.3 is 0 Å². The normalized spacial score (nSPS) is 10.0. The van der Waals surface area contributed by atoms with Gasteiger partial charge in [0, 0.05) is 6.20 Å². The van der Waals surface area contributed by atoms with Crippen LogP contribution in [-0.2, 0) is 0 Å². The molecule has 0 saturated carbocycles. The van der Waals surface area contributed by atoms with Gasteiger partial charge in [-0.05, 0) is 24.6 Å². The fourth-order valence-electron chi connectivity index (χ4n) is 1.03. The molecule has 0 N–H and O–H groups in total. The first kappa shape index (κ1) is 6.80. The molecule has 0 bridgehead atoms. The molecule has 0 aliphatic heterocycles. The Labute approximate surface area is 69.1 Å². The van der Waals surface area contributed by atoms with Crippen molar-refractivity contribution in [2.75, 3.05) is 0 Å². The van der Waals surface area contributed by atoms with Crippen LogP contribution in [0.1, 0.15) is 11.4 Å². The number of rotatable bonds is 0. The Hall–Kier alpha value is -1.89. The Kier molecular flexibility index (Phi) is 1.31. The summed E-state index contributed by atoms with van der Waals surface area (Å²) in [6.07, 6.45) is 1.79. The summed E-state index contributed by atoms with van der Waals surface area (Å²) < 4.78 is 1.59. The Morgan fingerprint density at radius 3 is 3.17 bits per heavy atom. The molecule has 0 radical (unpaired) electrons. The molecule has 0 aliphatic rings. The quantitative estimate of drug-likeness (QED) is 0.572. The van der Waals surface area contributed by atoms with Gasteiger partial charge in [-0.3, -0.25) is 0 Å². The molecule has 0 aromatic carbocycles. The first-order valence-electron chi connectivity index (χ1n) is 3.53. The van der Waals surface area contributed by atoms with E-state index in [2.05, 4.69) is 10.1 Å². The molecule has 4 heteroatoms. The zero-order valence-corrected chi connectivity index (χ0v) is 6.52. The van der Waals surface area contributed by atoms with Crippen molar-refractivity contribution in [3.05, 3.63) is 29.7 Å². The van der Waals surface area contributed by atoms with Gasteiger partial charge < -0.3 is 0 Å². The third kappa shape index (κ3) is 0.920. The van der Waals surface area contributed by atoms with Crippen molar-refractivity contribution in [3.8, 4) is 6.07 Å². The molecule has 0 fully saturated rings. The zero-order chi connectivity index (χ0) is 8.55. The second-order valence-corrected chi connectivity index (χ2v) is 2.55. The van der Waals surface area contributed by atoms with Crippen LogP contribution in [0, 0.1) is 18.3 Å². The third-order valence-corrected chi connectivity index (χ3v) is 1.59. The van der Waals surface area contributed by atoms with Crippen molar-refractivity contribution >= 4 is 5.65 Å². The Balaban J connectivity index is 2.77. The van der Waals surface area contributed by atoms with Crippen molar-refractivity contribution in [2.24, 2.45) is 0 Å². The largest absolute Gasteiger partial charge is 0.253 e. The van der Waals surface area contributed by atoms with Crippen LogP contribution in [0.15, 0.2) is 18.3 Å². The van der Waals surface area contributed by atoms with Crippen LogP contribution in [0.25, 0.3) is 5.65 Å². The summed E-state index contributed by atoms with van der Waals surface area (Å²) in [7, 11) is 0. The van der Waals surface area contributed by atoms with E-state index in [1.54, 1.807) is 10.7 Å². The molecule has 0 atom stereocenters. The van der Waals surface area contributed by atoms with E-state index in [-0.39, 0.29) is 5.82 Å². The van der Waals surface area contributed by atoms with Crippen LogP contribution >= 0.6 is 0 Å². The molecule has 12 heavy (non-hydrogen) atoms. The summed E-state index contributed by atoms with van der Waals surface area (Å²) in [6.45, 7) is 1.97. The summed E-state index contributed by atoms with van der Waals surface area (Å²) in [6, 6.07) is 5.70. The lowest BCUT2D eigenvalue weighted by atomic mass is 10.3. The van der Waals surface area contributed by atoms with Gasteiger partial charge in [-0.15, -0.1) is 5.10 Å². The highest BCUT2D eigenvalue weighted by molar-refractivity contribution is 5.41. The minimum atomic E-state index is 0.209. The minimum Gasteiger partial charge on any atom is -0.220 e. The fraction of sp³-hybridized carbons (Fsp3) is 0.125. The van der Waals surface area contributed by atoms with E-state index < -0.39 is 0 Å². The second-order valence-electron chi connectivity index (χ2n) is 2.55. The molecule has 4 nitrogen and oxygen atoms in total.